The third kappa shape index (κ3) is 1.97. The number of hydrogen-bond donors (Lipinski definition) is 0. The highest BCUT2D eigenvalue weighted by Gasteiger charge is 2.26. The molecule has 17 heavy (non-hydrogen) atoms. The fourth-order valence-electron chi connectivity index (χ4n) is 2.47. The summed E-state index contributed by atoms with van der Waals surface area (Å²) in [6, 6.07) is 4.22. The van der Waals surface area contributed by atoms with Gasteiger partial charge in [0, 0.05) is 6.21 Å². The number of fused-ring (bicyclic) bond motifs is 1. The fraction of sp³-hybridized carbons (Fsp3) is 0.533. The molecule has 1 aliphatic rings. The van der Waals surface area contributed by atoms with Gasteiger partial charge in [0.15, 0.2) is 0 Å². The fourth-order valence-corrected chi connectivity index (χ4v) is 2.47. The molecule has 1 aromatic rings. The summed E-state index contributed by atoms with van der Waals surface area (Å²) in [7, 11) is 1.71. The van der Waals surface area contributed by atoms with E-state index in [1.165, 1.54) is 11.1 Å². The van der Waals surface area contributed by atoms with Crippen LogP contribution in [0, 0.1) is 5.92 Å². The van der Waals surface area contributed by atoms with Gasteiger partial charge in [-0.15, -0.1) is 0 Å². The van der Waals surface area contributed by atoms with E-state index >= 15 is 0 Å². The number of benzene rings is 1. The number of methoxy groups -OCH3 is 1. The Balaban J connectivity index is 2.66. The summed E-state index contributed by atoms with van der Waals surface area (Å²) in [5.74, 6) is 2.42. The van der Waals surface area contributed by atoms with Gasteiger partial charge in [-0.1, -0.05) is 33.8 Å². The van der Waals surface area contributed by atoms with Crippen molar-refractivity contribution in [3.8, 4) is 5.75 Å². The molecule has 0 amide bonds. The monoisotopic (exact) mass is 231 g/mol. The van der Waals surface area contributed by atoms with Gasteiger partial charge in [-0.25, -0.2) is 0 Å². The first kappa shape index (κ1) is 12.2. The molecular formula is C15H21NO. The molecule has 0 fully saturated rings. The molecule has 2 nitrogen and oxygen atoms in total. The molecule has 2 atom stereocenters. The van der Waals surface area contributed by atoms with Crippen LogP contribution in [-0.2, 0) is 0 Å². The van der Waals surface area contributed by atoms with Crippen LogP contribution in [0.25, 0.3) is 0 Å². The lowest BCUT2D eigenvalue weighted by Gasteiger charge is -2.28. The van der Waals surface area contributed by atoms with Crippen LogP contribution in [0.2, 0.25) is 0 Å². The molecule has 0 aliphatic carbocycles. The standard InChI is InChI=1S/C15H21NO/c1-9(2)12-6-7-13(17-5)15-14(12)11(4)10(3)8-16-15/h6-11H,1-5H3. The number of rotatable bonds is 2. The maximum absolute atomic E-state index is 5.42. The molecule has 0 bridgehead atoms. The lowest BCUT2D eigenvalue weighted by Crippen LogP contribution is -2.15. The van der Waals surface area contributed by atoms with Crippen LogP contribution in [0.15, 0.2) is 17.1 Å². The van der Waals surface area contributed by atoms with Crippen molar-refractivity contribution in [3.63, 3.8) is 0 Å². The number of aliphatic imine (C=N–C) groups is 1. The Morgan fingerprint density at radius 3 is 2.53 bits per heavy atom. The van der Waals surface area contributed by atoms with E-state index < -0.39 is 0 Å². The van der Waals surface area contributed by atoms with Crippen molar-refractivity contribution < 1.29 is 4.74 Å². The van der Waals surface area contributed by atoms with E-state index in [4.69, 9.17) is 4.74 Å². The second-order valence-electron chi connectivity index (χ2n) is 5.20. The molecule has 2 rings (SSSR count). The number of hydrogen-bond acceptors (Lipinski definition) is 2. The van der Waals surface area contributed by atoms with Crippen LogP contribution < -0.4 is 4.74 Å². The lowest BCUT2D eigenvalue weighted by molar-refractivity contribution is 0.414. The van der Waals surface area contributed by atoms with E-state index in [1.54, 1.807) is 7.11 Å². The highest BCUT2D eigenvalue weighted by atomic mass is 16.5. The molecular weight excluding hydrogens is 210 g/mol. The minimum absolute atomic E-state index is 0.493. The summed E-state index contributed by atoms with van der Waals surface area (Å²) < 4.78 is 5.42. The van der Waals surface area contributed by atoms with Gasteiger partial charge in [0.25, 0.3) is 0 Å². The zero-order valence-corrected chi connectivity index (χ0v) is 11.3. The van der Waals surface area contributed by atoms with Crippen LogP contribution in [0.3, 0.4) is 0 Å². The first-order valence-corrected chi connectivity index (χ1v) is 6.31. The Kier molecular flexibility index (Phi) is 3.23. The molecule has 0 saturated carbocycles. The normalized spacial score (nSPS) is 22.7. The summed E-state index contributed by atoms with van der Waals surface area (Å²) in [4.78, 5) is 4.59. The maximum Gasteiger partial charge on any atom is 0.144 e. The summed E-state index contributed by atoms with van der Waals surface area (Å²) >= 11 is 0. The molecule has 1 aromatic carbocycles. The summed E-state index contributed by atoms with van der Waals surface area (Å²) in [6.45, 7) is 8.97. The molecule has 0 radical (unpaired) electrons. The molecule has 0 spiro atoms. The Labute approximate surface area is 104 Å². The van der Waals surface area contributed by atoms with Gasteiger partial charge < -0.3 is 4.74 Å². The largest absolute Gasteiger partial charge is 0.494 e. The maximum atomic E-state index is 5.42. The van der Waals surface area contributed by atoms with Crippen molar-refractivity contribution in [1.82, 2.24) is 0 Å². The van der Waals surface area contributed by atoms with Crippen molar-refractivity contribution in [1.29, 1.82) is 0 Å². The zero-order chi connectivity index (χ0) is 12.6. The third-order valence-corrected chi connectivity index (χ3v) is 3.74. The summed E-state index contributed by atoms with van der Waals surface area (Å²) in [6.07, 6.45) is 2.04. The van der Waals surface area contributed by atoms with Crippen molar-refractivity contribution in [3.05, 3.63) is 23.3 Å². The van der Waals surface area contributed by atoms with Crippen molar-refractivity contribution >= 4 is 11.9 Å². The second kappa shape index (κ2) is 4.52. The van der Waals surface area contributed by atoms with E-state index in [0.717, 1.165) is 11.4 Å². The van der Waals surface area contributed by atoms with E-state index in [-0.39, 0.29) is 0 Å². The molecule has 0 saturated heterocycles. The molecule has 2 heteroatoms. The number of ether oxygens (including phenoxy) is 1. The highest BCUT2D eigenvalue weighted by Crippen LogP contribution is 2.45. The Bertz CT molecular complexity index is 448. The van der Waals surface area contributed by atoms with Gasteiger partial charge in [0.2, 0.25) is 0 Å². The van der Waals surface area contributed by atoms with Crippen LogP contribution in [-0.4, -0.2) is 13.3 Å². The topological polar surface area (TPSA) is 21.6 Å². The predicted octanol–water partition coefficient (Wildman–Crippen LogP) is 4.27. The van der Waals surface area contributed by atoms with Gasteiger partial charge in [-0.3, -0.25) is 4.99 Å². The van der Waals surface area contributed by atoms with Gasteiger partial charge >= 0.3 is 0 Å². The van der Waals surface area contributed by atoms with Gasteiger partial charge in [0.05, 0.1) is 7.11 Å². The van der Waals surface area contributed by atoms with Crippen LogP contribution in [0.4, 0.5) is 5.69 Å². The van der Waals surface area contributed by atoms with Crippen LogP contribution >= 0.6 is 0 Å². The van der Waals surface area contributed by atoms with Crippen molar-refractivity contribution in [2.75, 3.05) is 7.11 Å². The smallest absolute Gasteiger partial charge is 0.144 e. The minimum Gasteiger partial charge on any atom is -0.494 e. The van der Waals surface area contributed by atoms with Crippen LogP contribution in [0.5, 0.6) is 5.75 Å². The molecule has 92 valence electrons. The molecule has 1 aliphatic heterocycles. The van der Waals surface area contributed by atoms with Crippen molar-refractivity contribution in [2.24, 2.45) is 10.9 Å². The van der Waals surface area contributed by atoms with E-state index in [2.05, 4.69) is 38.8 Å². The van der Waals surface area contributed by atoms with Gasteiger partial charge in [-0.2, -0.15) is 0 Å². The van der Waals surface area contributed by atoms with Gasteiger partial charge in [-0.05, 0) is 34.9 Å². The predicted molar refractivity (Wildman–Crippen MR) is 72.8 cm³/mol. The minimum atomic E-state index is 0.493. The summed E-state index contributed by atoms with van der Waals surface area (Å²) in [5, 5.41) is 0. The van der Waals surface area contributed by atoms with Crippen molar-refractivity contribution in [2.45, 2.75) is 39.5 Å². The van der Waals surface area contributed by atoms with E-state index in [1.807, 2.05) is 12.3 Å². The highest BCUT2D eigenvalue weighted by molar-refractivity contribution is 5.77. The zero-order valence-electron chi connectivity index (χ0n) is 11.3. The Morgan fingerprint density at radius 1 is 1.24 bits per heavy atom. The average molecular weight is 231 g/mol. The molecule has 1 heterocycles. The Hall–Kier alpha value is -1.31. The van der Waals surface area contributed by atoms with Crippen LogP contribution in [0.1, 0.15) is 50.7 Å². The molecule has 0 aromatic heterocycles. The third-order valence-electron chi connectivity index (χ3n) is 3.74. The quantitative estimate of drug-likeness (QED) is 0.744. The molecule has 2 unspecified atom stereocenters. The lowest BCUT2D eigenvalue weighted by atomic mass is 9.81. The first-order chi connectivity index (χ1) is 8.06. The number of nitrogens with zero attached hydrogens (tertiary/aromatic N) is 1. The Morgan fingerprint density at radius 2 is 1.94 bits per heavy atom. The van der Waals surface area contributed by atoms with Gasteiger partial charge in [0.1, 0.15) is 11.4 Å². The first-order valence-electron chi connectivity index (χ1n) is 6.31. The average Bonchev–Trinajstić information content (AvgIpc) is 2.32. The van der Waals surface area contributed by atoms with E-state index in [0.29, 0.717) is 17.8 Å². The second-order valence-corrected chi connectivity index (χ2v) is 5.20. The SMILES string of the molecule is COc1ccc(C(C)C)c2c1N=CC(C)C2C. The summed E-state index contributed by atoms with van der Waals surface area (Å²) in [5.41, 5.74) is 3.80. The van der Waals surface area contributed by atoms with E-state index in [9.17, 15) is 0 Å². The molecule has 0 N–H and O–H groups in total.